The maximum atomic E-state index is 12.6. The van der Waals surface area contributed by atoms with Crippen LogP contribution in [0, 0.1) is 0 Å². The van der Waals surface area contributed by atoms with Crippen LogP contribution in [0.25, 0.3) is 0 Å². The third-order valence-corrected chi connectivity index (χ3v) is 4.00. The van der Waals surface area contributed by atoms with Crippen molar-refractivity contribution >= 4 is 34.1 Å². The molecule has 0 aromatic heterocycles. The summed E-state index contributed by atoms with van der Waals surface area (Å²) in [6.45, 7) is 0. The number of nitrogens with one attached hydrogen (secondary N) is 1. The van der Waals surface area contributed by atoms with Gasteiger partial charge in [-0.05, 0) is 24.6 Å². The Labute approximate surface area is 134 Å². The number of carbonyl (C=O) groups is 4. The normalized spacial score (nSPS) is 20.9. The molecule has 1 atom stereocenters. The van der Waals surface area contributed by atoms with Gasteiger partial charge in [-0.2, -0.15) is 8.42 Å². The molecule has 0 bridgehead atoms. The molecule has 1 saturated heterocycles. The molecule has 11 heteroatoms. The first-order chi connectivity index (χ1) is 11.2. The van der Waals surface area contributed by atoms with Gasteiger partial charge in [-0.25, -0.2) is 0 Å². The molecule has 0 spiro atoms. The monoisotopic (exact) mass is 356 g/mol. The molecule has 2 heterocycles. The highest BCUT2D eigenvalue weighted by Crippen LogP contribution is 2.30. The van der Waals surface area contributed by atoms with Gasteiger partial charge >= 0.3 is 10.5 Å². The van der Waals surface area contributed by atoms with E-state index in [9.17, 15) is 31.5 Å². The van der Waals surface area contributed by atoms with E-state index in [-0.39, 0.29) is 24.0 Å². The molecule has 1 aromatic rings. The van der Waals surface area contributed by atoms with Gasteiger partial charge in [0.15, 0.2) is 0 Å². The molecule has 1 aromatic carbocycles. The summed E-state index contributed by atoms with van der Waals surface area (Å²) in [6, 6.07) is 1.86. The quantitative estimate of drug-likeness (QED) is 0.581. The van der Waals surface area contributed by atoms with Crippen molar-refractivity contribution in [1.29, 1.82) is 0 Å². The highest BCUT2D eigenvalue weighted by atomic mass is 32.3. The van der Waals surface area contributed by atoms with Crippen molar-refractivity contribution in [3.8, 4) is 5.75 Å². The van der Waals surface area contributed by atoms with E-state index in [1.165, 1.54) is 0 Å². The maximum absolute atomic E-state index is 12.6. The lowest BCUT2D eigenvalue weighted by atomic mass is 10.0. The van der Waals surface area contributed by atoms with Gasteiger partial charge in [0.2, 0.25) is 11.8 Å². The zero-order valence-electron chi connectivity index (χ0n) is 11.8. The number of hydrogen-bond donors (Lipinski definition) is 1. The van der Waals surface area contributed by atoms with Gasteiger partial charge in [0.25, 0.3) is 11.8 Å². The van der Waals surface area contributed by atoms with Crippen molar-refractivity contribution in [1.82, 2.24) is 10.2 Å². The van der Waals surface area contributed by atoms with Crippen LogP contribution in [0.2, 0.25) is 0 Å². The summed E-state index contributed by atoms with van der Waals surface area (Å²) in [4.78, 5) is 48.4. The Morgan fingerprint density at radius 1 is 1.12 bits per heavy atom. The Kier molecular flexibility index (Phi) is 3.59. The molecule has 4 amide bonds. The number of amides is 4. The number of rotatable bonds is 3. The molecule has 2 aliphatic heterocycles. The molecular weight excluding hydrogens is 347 g/mol. The van der Waals surface area contributed by atoms with Crippen molar-refractivity contribution in [3.63, 3.8) is 0 Å². The third kappa shape index (κ3) is 2.73. The fourth-order valence-corrected chi connectivity index (χ4v) is 2.95. The summed E-state index contributed by atoms with van der Waals surface area (Å²) in [5.74, 6) is -3.38. The smallest absolute Gasteiger partial charge is 0.358 e. The van der Waals surface area contributed by atoms with Gasteiger partial charge in [-0.3, -0.25) is 29.4 Å². The zero-order valence-corrected chi connectivity index (χ0v) is 12.6. The fourth-order valence-electron chi connectivity index (χ4n) is 2.62. The number of piperidine rings is 1. The van der Waals surface area contributed by atoms with Gasteiger partial charge < -0.3 is 4.18 Å². The van der Waals surface area contributed by atoms with Crippen molar-refractivity contribution in [2.45, 2.75) is 18.9 Å². The minimum absolute atomic E-state index is 0.0155. The molecule has 1 N–H and O–H groups in total. The number of halogens is 1. The van der Waals surface area contributed by atoms with Crippen LogP contribution in [-0.2, 0) is 20.1 Å². The second-order valence-electron chi connectivity index (χ2n) is 5.13. The number of hydrogen-bond acceptors (Lipinski definition) is 7. The molecule has 9 nitrogen and oxygen atoms in total. The van der Waals surface area contributed by atoms with Gasteiger partial charge in [-0.15, -0.1) is 0 Å². The fraction of sp³-hybridized carbons (Fsp3) is 0.231. The minimum Gasteiger partial charge on any atom is -0.358 e. The molecule has 24 heavy (non-hydrogen) atoms. The Morgan fingerprint density at radius 2 is 1.79 bits per heavy atom. The van der Waals surface area contributed by atoms with E-state index in [0.29, 0.717) is 4.90 Å². The summed E-state index contributed by atoms with van der Waals surface area (Å²) < 4.78 is 37.6. The standard InChI is InChI=1S/C13H9FN2O7S/c14-24(21,22)23-6-1-2-7-8(5-6)13(20)16(12(7)19)9-3-4-10(17)15-11(9)18/h1-2,5,9H,3-4H2,(H,15,17,18). The lowest BCUT2D eigenvalue weighted by molar-refractivity contribution is -0.136. The van der Waals surface area contributed by atoms with E-state index in [1.54, 1.807) is 0 Å². The summed E-state index contributed by atoms with van der Waals surface area (Å²) in [7, 11) is -5.29. The van der Waals surface area contributed by atoms with Crippen molar-refractivity contribution in [2.24, 2.45) is 0 Å². The zero-order chi connectivity index (χ0) is 17.6. The number of benzene rings is 1. The van der Waals surface area contributed by atoms with E-state index >= 15 is 0 Å². The SMILES string of the molecule is O=C1CCC(N2C(=O)c3ccc(OS(=O)(=O)F)cc3C2=O)C(=O)N1. The Hall–Kier alpha value is -2.82. The van der Waals surface area contributed by atoms with Gasteiger partial charge in [0.1, 0.15) is 11.8 Å². The van der Waals surface area contributed by atoms with Crippen LogP contribution >= 0.6 is 0 Å². The molecule has 0 aliphatic carbocycles. The predicted octanol–water partition coefficient (Wildman–Crippen LogP) is -0.319. The van der Waals surface area contributed by atoms with Gasteiger partial charge in [0.05, 0.1) is 11.1 Å². The van der Waals surface area contributed by atoms with E-state index in [2.05, 4.69) is 4.18 Å². The van der Waals surface area contributed by atoms with Crippen LogP contribution in [0.4, 0.5) is 3.89 Å². The molecule has 1 unspecified atom stereocenters. The first-order valence-electron chi connectivity index (χ1n) is 6.67. The average Bonchev–Trinajstić information content (AvgIpc) is 2.70. The molecule has 126 valence electrons. The van der Waals surface area contributed by atoms with E-state index in [0.717, 1.165) is 18.2 Å². The molecule has 1 fully saturated rings. The van der Waals surface area contributed by atoms with Crippen molar-refractivity contribution in [3.05, 3.63) is 29.3 Å². The van der Waals surface area contributed by atoms with Gasteiger partial charge in [0, 0.05) is 6.42 Å². The van der Waals surface area contributed by atoms with Crippen LogP contribution < -0.4 is 9.50 Å². The second-order valence-corrected chi connectivity index (χ2v) is 6.08. The molecule has 0 radical (unpaired) electrons. The van der Waals surface area contributed by atoms with E-state index in [4.69, 9.17) is 0 Å². The lowest BCUT2D eigenvalue weighted by Gasteiger charge is -2.27. The van der Waals surface area contributed by atoms with E-state index < -0.39 is 45.9 Å². The number of imide groups is 2. The molecule has 3 rings (SSSR count). The van der Waals surface area contributed by atoms with Crippen LogP contribution in [0.15, 0.2) is 18.2 Å². The van der Waals surface area contributed by atoms with Gasteiger partial charge in [-0.1, -0.05) is 3.89 Å². The van der Waals surface area contributed by atoms with Crippen molar-refractivity contribution in [2.75, 3.05) is 0 Å². The number of nitrogens with zero attached hydrogens (tertiary/aromatic N) is 1. The summed E-state index contributed by atoms with van der Waals surface area (Å²) in [6.07, 6.45) is -0.0450. The third-order valence-electron chi connectivity index (χ3n) is 3.61. The Bertz CT molecular complexity index is 896. The highest BCUT2D eigenvalue weighted by Gasteiger charge is 2.44. The maximum Gasteiger partial charge on any atom is 0.488 e. The average molecular weight is 356 g/mol. The number of fused-ring (bicyclic) bond motifs is 1. The van der Waals surface area contributed by atoms with Crippen LogP contribution in [0.3, 0.4) is 0 Å². The number of carbonyl (C=O) groups excluding carboxylic acids is 4. The summed E-state index contributed by atoms with van der Waals surface area (Å²) >= 11 is 0. The largest absolute Gasteiger partial charge is 0.488 e. The molecular formula is C13H9FN2O7S. The Morgan fingerprint density at radius 3 is 2.42 bits per heavy atom. The minimum atomic E-state index is -5.29. The highest BCUT2D eigenvalue weighted by molar-refractivity contribution is 7.81. The van der Waals surface area contributed by atoms with Crippen molar-refractivity contribution < 1.29 is 35.7 Å². The lowest BCUT2D eigenvalue weighted by Crippen LogP contribution is -2.54. The molecule has 2 aliphatic rings. The second kappa shape index (κ2) is 5.37. The topological polar surface area (TPSA) is 127 Å². The summed E-state index contributed by atoms with van der Waals surface area (Å²) in [5, 5.41) is 2.04. The Balaban J connectivity index is 1.94. The van der Waals surface area contributed by atoms with E-state index in [1.807, 2.05) is 5.32 Å². The van der Waals surface area contributed by atoms with Crippen LogP contribution in [-0.4, -0.2) is 43.0 Å². The summed E-state index contributed by atoms with van der Waals surface area (Å²) in [5.41, 5.74) is -0.292. The van der Waals surface area contributed by atoms with Crippen LogP contribution in [0.5, 0.6) is 5.75 Å². The predicted molar refractivity (Wildman–Crippen MR) is 73.8 cm³/mol. The first-order valence-corrected chi connectivity index (χ1v) is 7.98. The first kappa shape index (κ1) is 16.1. The molecule has 0 saturated carbocycles. The van der Waals surface area contributed by atoms with Crippen LogP contribution in [0.1, 0.15) is 33.6 Å².